The summed E-state index contributed by atoms with van der Waals surface area (Å²) in [5.41, 5.74) is 2.81. The minimum atomic E-state index is -0.364. The van der Waals surface area contributed by atoms with Crippen LogP contribution in [0.25, 0.3) is 0 Å². The fraction of sp³-hybridized carbons (Fsp3) is 0.133. The first-order valence-electron chi connectivity index (χ1n) is 12.2. The fourth-order valence-corrected chi connectivity index (χ4v) is 3.29. The Labute approximate surface area is 220 Å². The number of nitrogens with zero attached hydrogens (tertiary/aromatic N) is 4. The van der Waals surface area contributed by atoms with Crippen LogP contribution in [0, 0.1) is 0 Å². The molecule has 8 heteroatoms. The maximum Gasteiger partial charge on any atom is 0.311 e. The van der Waals surface area contributed by atoms with Gasteiger partial charge in [0.25, 0.3) is 0 Å². The van der Waals surface area contributed by atoms with E-state index in [0.29, 0.717) is 35.7 Å². The molecule has 4 aromatic rings. The predicted molar refractivity (Wildman–Crippen MR) is 144 cm³/mol. The molecule has 0 unspecified atom stereocenters. The Balaban J connectivity index is 1.12. The molecule has 4 aromatic carbocycles. The van der Waals surface area contributed by atoms with Gasteiger partial charge in [-0.2, -0.15) is 20.5 Å². The maximum atomic E-state index is 12.1. The number of hydrogen-bond donors (Lipinski definition) is 0. The smallest absolute Gasteiger partial charge is 0.311 e. The summed E-state index contributed by atoms with van der Waals surface area (Å²) in [5, 5.41) is 16.6. The second kappa shape index (κ2) is 13.9. The van der Waals surface area contributed by atoms with E-state index >= 15 is 0 Å². The Bertz CT molecular complexity index is 1260. The van der Waals surface area contributed by atoms with Gasteiger partial charge in [0.2, 0.25) is 0 Å². The zero-order valence-corrected chi connectivity index (χ0v) is 20.6. The van der Waals surface area contributed by atoms with E-state index in [0.717, 1.165) is 11.4 Å². The lowest BCUT2D eigenvalue weighted by Gasteiger charge is -2.06. The zero-order valence-electron chi connectivity index (χ0n) is 20.6. The molecule has 0 aliphatic heterocycles. The van der Waals surface area contributed by atoms with Crippen LogP contribution < -0.4 is 9.47 Å². The number of carbonyl (C=O) groups is 2. The summed E-state index contributed by atoms with van der Waals surface area (Å²) < 4.78 is 10.7. The van der Waals surface area contributed by atoms with Crippen molar-refractivity contribution < 1.29 is 19.1 Å². The summed E-state index contributed by atoms with van der Waals surface area (Å²) in [6.45, 7) is 0. The molecular weight excluding hydrogens is 480 g/mol. The van der Waals surface area contributed by atoms with E-state index in [-0.39, 0.29) is 24.8 Å². The molecule has 8 nitrogen and oxygen atoms in total. The molecule has 0 aliphatic carbocycles. The van der Waals surface area contributed by atoms with Crippen molar-refractivity contribution in [3.8, 4) is 11.5 Å². The van der Waals surface area contributed by atoms with Gasteiger partial charge in [-0.15, -0.1) is 0 Å². The van der Waals surface area contributed by atoms with Gasteiger partial charge < -0.3 is 9.47 Å². The van der Waals surface area contributed by atoms with Gasteiger partial charge in [-0.1, -0.05) is 36.4 Å². The predicted octanol–water partition coefficient (Wildman–Crippen LogP) is 8.59. The molecule has 4 rings (SSSR count). The van der Waals surface area contributed by atoms with E-state index in [1.165, 1.54) is 0 Å². The summed E-state index contributed by atoms with van der Waals surface area (Å²) >= 11 is 0. The van der Waals surface area contributed by atoms with E-state index in [9.17, 15) is 9.59 Å². The van der Waals surface area contributed by atoms with E-state index in [1.807, 2.05) is 60.7 Å². The van der Waals surface area contributed by atoms with Crippen molar-refractivity contribution in [2.75, 3.05) is 0 Å². The Hall–Kier alpha value is -4.98. The summed E-state index contributed by atoms with van der Waals surface area (Å²) in [4.78, 5) is 24.2. The van der Waals surface area contributed by atoms with E-state index in [2.05, 4.69) is 20.5 Å². The van der Waals surface area contributed by atoms with E-state index in [4.69, 9.17) is 9.47 Å². The second-order valence-corrected chi connectivity index (χ2v) is 8.21. The molecule has 190 valence electrons. The van der Waals surface area contributed by atoms with Crippen LogP contribution in [0.3, 0.4) is 0 Å². The van der Waals surface area contributed by atoms with Gasteiger partial charge in [0.1, 0.15) is 11.5 Å². The van der Waals surface area contributed by atoms with Crippen LogP contribution in [0.4, 0.5) is 22.7 Å². The van der Waals surface area contributed by atoms with E-state index in [1.54, 1.807) is 48.5 Å². The first-order chi connectivity index (χ1) is 18.6. The van der Waals surface area contributed by atoms with Gasteiger partial charge >= 0.3 is 11.9 Å². The van der Waals surface area contributed by atoms with E-state index < -0.39 is 0 Å². The molecule has 0 atom stereocenters. The quantitative estimate of drug-likeness (QED) is 0.0879. The number of hydrogen-bond acceptors (Lipinski definition) is 8. The second-order valence-electron chi connectivity index (χ2n) is 8.21. The highest BCUT2D eigenvalue weighted by atomic mass is 16.5. The Morgan fingerprint density at radius 1 is 0.447 bits per heavy atom. The van der Waals surface area contributed by atoms with Crippen LogP contribution in [-0.4, -0.2) is 11.9 Å². The monoisotopic (exact) mass is 506 g/mol. The van der Waals surface area contributed by atoms with Crippen LogP contribution in [0.2, 0.25) is 0 Å². The Kier molecular flexibility index (Phi) is 9.57. The highest BCUT2D eigenvalue weighted by Crippen LogP contribution is 2.23. The molecular formula is C30H26N4O4. The molecule has 0 saturated heterocycles. The SMILES string of the molecule is O=C(CCCCC(=O)Oc1ccc(N=Nc2ccccc2)cc1)Oc1ccc(N=Nc2ccccc2)cc1. The highest BCUT2D eigenvalue weighted by Gasteiger charge is 2.08. The lowest BCUT2D eigenvalue weighted by molar-refractivity contribution is -0.136. The largest absolute Gasteiger partial charge is 0.427 e. The van der Waals surface area contributed by atoms with Crippen LogP contribution in [0.15, 0.2) is 130 Å². The topological polar surface area (TPSA) is 102 Å². The lowest BCUT2D eigenvalue weighted by Crippen LogP contribution is -2.10. The molecule has 0 bridgehead atoms. The minimum absolute atomic E-state index is 0.198. The molecule has 0 spiro atoms. The summed E-state index contributed by atoms with van der Waals surface area (Å²) in [6.07, 6.45) is 1.42. The third kappa shape index (κ3) is 8.91. The third-order valence-corrected chi connectivity index (χ3v) is 5.22. The minimum Gasteiger partial charge on any atom is -0.427 e. The number of esters is 2. The van der Waals surface area contributed by atoms with Crippen molar-refractivity contribution in [2.24, 2.45) is 20.5 Å². The number of carbonyl (C=O) groups excluding carboxylic acids is 2. The van der Waals surface area contributed by atoms with Gasteiger partial charge in [-0.3, -0.25) is 9.59 Å². The molecule has 0 radical (unpaired) electrons. The average molecular weight is 507 g/mol. The molecule has 0 N–H and O–H groups in total. The van der Waals surface area contributed by atoms with Crippen LogP contribution in [-0.2, 0) is 9.59 Å². The Morgan fingerprint density at radius 3 is 1.11 bits per heavy atom. The average Bonchev–Trinajstić information content (AvgIpc) is 2.96. The molecule has 0 amide bonds. The van der Waals surface area contributed by atoms with Gasteiger partial charge in [-0.05, 0) is 85.6 Å². The molecule has 38 heavy (non-hydrogen) atoms. The van der Waals surface area contributed by atoms with Gasteiger partial charge in [0.15, 0.2) is 0 Å². The van der Waals surface area contributed by atoms with Crippen molar-refractivity contribution in [1.29, 1.82) is 0 Å². The fourth-order valence-electron chi connectivity index (χ4n) is 3.29. The first-order valence-corrected chi connectivity index (χ1v) is 12.2. The summed E-state index contributed by atoms with van der Waals surface area (Å²) in [7, 11) is 0. The molecule has 0 heterocycles. The van der Waals surface area contributed by atoms with Gasteiger partial charge in [0, 0.05) is 12.8 Å². The van der Waals surface area contributed by atoms with Crippen LogP contribution >= 0.6 is 0 Å². The van der Waals surface area contributed by atoms with Crippen LogP contribution in [0.5, 0.6) is 11.5 Å². The van der Waals surface area contributed by atoms with Crippen molar-refractivity contribution in [1.82, 2.24) is 0 Å². The standard InChI is InChI=1S/C30H26N4O4/c35-29(37-27-19-15-25(16-20-27)33-31-23-9-3-1-4-10-23)13-7-8-14-30(36)38-28-21-17-26(18-22-28)34-32-24-11-5-2-6-12-24/h1-6,9-12,15-22H,7-8,13-14H2. The molecule has 0 aliphatic rings. The lowest BCUT2D eigenvalue weighted by atomic mass is 10.2. The summed E-state index contributed by atoms with van der Waals surface area (Å²) in [6, 6.07) is 32.4. The van der Waals surface area contributed by atoms with Crippen molar-refractivity contribution >= 4 is 34.7 Å². The molecule has 0 fully saturated rings. The van der Waals surface area contributed by atoms with Gasteiger partial charge in [-0.25, -0.2) is 0 Å². The first kappa shape index (κ1) is 26.1. The zero-order chi connectivity index (χ0) is 26.4. The number of rotatable bonds is 11. The number of ether oxygens (including phenoxy) is 2. The molecule has 0 aromatic heterocycles. The third-order valence-electron chi connectivity index (χ3n) is 5.22. The Morgan fingerprint density at radius 2 is 0.763 bits per heavy atom. The number of benzene rings is 4. The van der Waals surface area contributed by atoms with Crippen molar-refractivity contribution in [2.45, 2.75) is 25.7 Å². The van der Waals surface area contributed by atoms with Gasteiger partial charge in [0.05, 0.1) is 22.7 Å². The summed E-state index contributed by atoms with van der Waals surface area (Å²) in [5.74, 6) is 0.134. The number of unbranched alkanes of at least 4 members (excludes halogenated alkanes) is 1. The normalized spacial score (nSPS) is 11.1. The van der Waals surface area contributed by atoms with Crippen molar-refractivity contribution in [3.63, 3.8) is 0 Å². The maximum absolute atomic E-state index is 12.1. The number of azo groups is 2. The van der Waals surface area contributed by atoms with Crippen LogP contribution in [0.1, 0.15) is 25.7 Å². The molecule has 0 saturated carbocycles. The van der Waals surface area contributed by atoms with Crippen molar-refractivity contribution in [3.05, 3.63) is 109 Å². The highest BCUT2D eigenvalue weighted by molar-refractivity contribution is 5.73.